The number of piperidine rings is 2. The quantitative estimate of drug-likeness (QED) is 0.772. The van der Waals surface area contributed by atoms with Crippen LogP contribution in [0.2, 0.25) is 0 Å². The Kier molecular flexibility index (Phi) is 5.32. The maximum absolute atomic E-state index is 9.00. The molecule has 3 atom stereocenters. The van der Waals surface area contributed by atoms with Gasteiger partial charge in [0, 0.05) is 19.0 Å². The Morgan fingerprint density at radius 1 is 0.957 bits per heavy atom. The molecule has 1 unspecified atom stereocenters. The van der Waals surface area contributed by atoms with Crippen LogP contribution in [0.4, 0.5) is 0 Å². The molecule has 132 valence electrons. The molecule has 0 amide bonds. The fourth-order valence-electron chi connectivity index (χ4n) is 6.12. The van der Waals surface area contributed by atoms with Crippen molar-refractivity contribution in [1.82, 2.24) is 4.90 Å². The number of aliphatic carboxylic acids is 1. The third kappa shape index (κ3) is 3.90. The minimum absolute atomic E-state index is 0.0736. The largest absolute Gasteiger partial charge is 0.481 e. The van der Waals surface area contributed by atoms with Gasteiger partial charge in [-0.3, -0.25) is 9.69 Å². The average molecular weight is 322 g/mol. The Morgan fingerprint density at radius 2 is 1.35 bits per heavy atom. The standard InChI is InChI=1S/C17H30N2.C2H4O2/c18-17(11-13-4-1-5-14(10-13)12-17)19-15-6-2-7-16(19)9-3-8-15;1-2(3)4/h13-16H,1-12,18H2;1H3,(H,3,4)/t13-,14+,15?,16?,17?;. The summed E-state index contributed by atoms with van der Waals surface area (Å²) in [6.07, 6.45) is 17.1. The Labute approximate surface area is 140 Å². The van der Waals surface area contributed by atoms with Crippen LogP contribution in [0.15, 0.2) is 0 Å². The minimum atomic E-state index is -0.833. The molecule has 0 aromatic rings. The van der Waals surface area contributed by atoms with Gasteiger partial charge in [-0.05, 0) is 56.8 Å². The topological polar surface area (TPSA) is 66.6 Å². The van der Waals surface area contributed by atoms with E-state index in [0.717, 1.165) is 30.8 Å². The molecule has 0 aromatic carbocycles. The fourth-order valence-corrected chi connectivity index (χ4v) is 6.12. The van der Waals surface area contributed by atoms with Gasteiger partial charge in [0.05, 0.1) is 5.66 Å². The molecule has 4 bridgehead atoms. The zero-order chi connectivity index (χ0) is 16.4. The number of hydrogen-bond acceptors (Lipinski definition) is 3. The first-order valence-electron chi connectivity index (χ1n) is 9.75. The Balaban J connectivity index is 0.000000354. The smallest absolute Gasteiger partial charge is 0.300 e. The number of carbonyl (C=O) groups is 1. The van der Waals surface area contributed by atoms with E-state index in [1.54, 1.807) is 0 Å². The van der Waals surface area contributed by atoms with E-state index in [1.165, 1.54) is 77.0 Å². The number of fused-ring (bicyclic) bond motifs is 4. The Bertz CT molecular complexity index is 388. The zero-order valence-corrected chi connectivity index (χ0v) is 14.7. The molecule has 2 aliphatic carbocycles. The van der Waals surface area contributed by atoms with Crippen LogP contribution in [0.5, 0.6) is 0 Å². The molecule has 2 aliphatic heterocycles. The molecule has 23 heavy (non-hydrogen) atoms. The van der Waals surface area contributed by atoms with E-state index in [-0.39, 0.29) is 5.66 Å². The van der Waals surface area contributed by atoms with Crippen molar-refractivity contribution in [3.8, 4) is 0 Å². The van der Waals surface area contributed by atoms with Crippen LogP contribution in [-0.2, 0) is 4.79 Å². The van der Waals surface area contributed by atoms with E-state index in [0.29, 0.717) is 0 Å². The van der Waals surface area contributed by atoms with Gasteiger partial charge in [-0.25, -0.2) is 0 Å². The lowest BCUT2D eigenvalue weighted by Gasteiger charge is -2.59. The van der Waals surface area contributed by atoms with Gasteiger partial charge in [-0.2, -0.15) is 0 Å². The number of carboxylic acid groups (broad SMARTS) is 1. The van der Waals surface area contributed by atoms with Crippen molar-refractivity contribution < 1.29 is 9.90 Å². The van der Waals surface area contributed by atoms with Crippen molar-refractivity contribution in [3.63, 3.8) is 0 Å². The van der Waals surface area contributed by atoms with Crippen molar-refractivity contribution in [2.75, 3.05) is 0 Å². The first-order valence-corrected chi connectivity index (χ1v) is 9.75. The second kappa shape index (κ2) is 7.10. The summed E-state index contributed by atoms with van der Waals surface area (Å²) in [5.41, 5.74) is 7.11. The van der Waals surface area contributed by atoms with E-state index in [2.05, 4.69) is 4.90 Å². The van der Waals surface area contributed by atoms with Gasteiger partial charge in [0.1, 0.15) is 0 Å². The third-order valence-electron chi connectivity index (χ3n) is 6.63. The van der Waals surface area contributed by atoms with E-state index >= 15 is 0 Å². The maximum atomic E-state index is 9.00. The number of nitrogens with two attached hydrogens (primary N) is 1. The molecule has 4 heteroatoms. The molecule has 4 aliphatic rings. The summed E-state index contributed by atoms with van der Waals surface area (Å²) in [6.45, 7) is 1.08. The highest BCUT2D eigenvalue weighted by atomic mass is 16.4. The lowest BCUT2D eigenvalue weighted by molar-refractivity contribution is -0.134. The first kappa shape index (κ1) is 17.2. The number of rotatable bonds is 1. The summed E-state index contributed by atoms with van der Waals surface area (Å²) >= 11 is 0. The maximum Gasteiger partial charge on any atom is 0.300 e. The summed E-state index contributed by atoms with van der Waals surface area (Å²) in [5.74, 6) is 1.06. The highest BCUT2D eigenvalue weighted by molar-refractivity contribution is 5.62. The first-order chi connectivity index (χ1) is 11.0. The highest BCUT2D eigenvalue weighted by Gasteiger charge is 2.49. The molecule has 4 rings (SSSR count). The van der Waals surface area contributed by atoms with Crippen molar-refractivity contribution in [2.45, 2.75) is 102 Å². The Morgan fingerprint density at radius 3 is 1.78 bits per heavy atom. The van der Waals surface area contributed by atoms with Crippen molar-refractivity contribution in [1.29, 1.82) is 0 Å². The van der Waals surface area contributed by atoms with E-state index < -0.39 is 5.97 Å². The minimum Gasteiger partial charge on any atom is -0.481 e. The van der Waals surface area contributed by atoms with E-state index in [9.17, 15) is 0 Å². The van der Waals surface area contributed by atoms with Crippen LogP contribution in [0, 0.1) is 11.8 Å². The van der Waals surface area contributed by atoms with Crippen LogP contribution in [0.3, 0.4) is 0 Å². The number of hydrogen-bond donors (Lipinski definition) is 2. The number of nitrogens with zero attached hydrogens (tertiary/aromatic N) is 1. The molecule has 0 spiro atoms. The molecular formula is C19H34N2O2. The van der Waals surface area contributed by atoms with Crippen LogP contribution in [0.25, 0.3) is 0 Å². The summed E-state index contributed by atoms with van der Waals surface area (Å²) < 4.78 is 0. The van der Waals surface area contributed by atoms with Crippen LogP contribution in [0.1, 0.15) is 84.0 Å². The molecular weight excluding hydrogens is 288 g/mol. The molecule has 4 nitrogen and oxygen atoms in total. The summed E-state index contributed by atoms with van der Waals surface area (Å²) in [5, 5.41) is 7.42. The summed E-state index contributed by atoms with van der Waals surface area (Å²) in [7, 11) is 0. The van der Waals surface area contributed by atoms with Gasteiger partial charge >= 0.3 is 0 Å². The summed E-state index contributed by atoms with van der Waals surface area (Å²) in [4.78, 5) is 11.9. The lowest BCUT2D eigenvalue weighted by Crippen LogP contribution is -2.68. The van der Waals surface area contributed by atoms with Crippen molar-refractivity contribution in [3.05, 3.63) is 0 Å². The van der Waals surface area contributed by atoms with Gasteiger partial charge in [0.15, 0.2) is 0 Å². The van der Waals surface area contributed by atoms with Crippen LogP contribution in [-0.4, -0.2) is 33.7 Å². The van der Waals surface area contributed by atoms with Crippen LogP contribution >= 0.6 is 0 Å². The van der Waals surface area contributed by atoms with Crippen LogP contribution < -0.4 is 5.73 Å². The molecule has 2 heterocycles. The van der Waals surface area contributed by atoms with E-state index in [1.807, 2.05) is 0 Å². The van der Waals surface area contributed by atoms with E-state index in [4.69, 9.17) is 15.6 Å². The predicted molar refractivity (Wildman–Crippen MR) is 92.0 cm³/mol. The SMILES string of the molecule is CC(=O)O.NC1(N2C3CCCC2CCC3)C[C@@H]2CCC[C@@H](C2)C1. The fraction of sp³-hybridized carbons (Fsp3) is 0.947. The van der Waals surface area contributed by atoms with Gasteiger partial charge < -0.3 is 10.8 Å². The highest BCUT2D eigenvalue weighted by Crippen LogP contribution is 2.48. The van der Waals surface area contributed by atoms with Gasteiger partial charge in [0.25, 0.3) is 5.97 Å². The molecule has 2 saturated heterocycles. The second-order valence-corrected chi connectivity index (χ2v) is 8.51. The number of carboxylic acids is 1. The zero-order valence-electron chi connectivity index (χ0n) is 14.7. The monoisotopic (exact) mass is 322 g/mol. The molecule has 0 radical (unpaired) electrons. The molecule has 3 N–H and O–H groups in total. The molecule has 4 fully saturated rings. The van der Waals surface area contributed by atoms with Gasteiger partial charge in [-0.15, -0.1) is 0 Å². The lowest BCUT2D eigenvalue weighted by atomic mass is 9.66. The second-order valence-electron chi connectivity index (χ2n) is 8.51. The van der Waals surface area contributed by atoms with Crippen molar-refractivity contribution in [2.24, 2.45) is 17.6 Å². The van der Waals surface area contributed by atoms with Crippen molar-refractivity contribution >= 4 is 5.97 Å². The normalized spacial score (nSPS) is 43.2. The molecule has 2 saturated carbocycles. The molecule has 0 aromatic heterocycles. The predicted octanol–water partition coefficient (Wildman–Crippen LogP) is 3.74. The summed E-state index contributed by atoms with van der Waals surface area (Å²) in [6, 6.07) is 1.66. The third-order valence-corrected chi connectivity index (χ3v) is 6.63. The Hall–Kier alpha value is -0.610. The van der Waals surface area contributed by atoms with Gasteiger partial charge in [-0.1, -0.05) is 32.1 Å². The van der Waals surface area contributed by atoms with Gasteiger partial charge in [0.2, 0.25) is 0 Å². The average Bonchev–Trinajstić information content (AvgIpc) is 2.45.